The van der Waals surface area contributed by atoms with Gasteiger partial charge in [-0.1, -0.05) is 23.7 Å². The Balaban J connectivity index is 2.28. The lowest BCUT2D eigenvalue weighted by Crippen LogP contribution is -2.15. The fourth-order valence-corrected chi connectivity index (χ4v) is 3.69. The zero-order valence-corrected chi connectivity index (χ0v) is 16.1. The molecule has 0 aliphatic carbocycles. The molecular formula is C19H14ClN3O4S. The van der Waals surface area contributed by atoms with Crippen LogP contribution in [0.15, 0.2) is 58.2 Å². The van der Waals surface area contributed by atoms with Crippen LogP contribution in [-0.4, -0.2) is 20.5 Å². The first-order valence-corrected chi connectivity index (χ1v) is 9.81. The summed E-state index contributed by atoms with van der Waals surface area (Å²) in [7, 11) is -2.73. The fourth-order valence-electron chi connectivity index (χ4n) is 2.78. The van der Waals surface area contributed by atoms with Crippen molar-refractivity contribution >= 4 is 21.6 Å². The Bertz CT molecular complexity index is 1280. The summed E-state index contributed by atoms with van der Waals surface area (Å²) in [6, 6.07) is 14.5. The topological polar surface area (TPSA) is 126 Å². The molecule has 9 heteroatoms. The van der Waals surface area contributed by atoms with Crippen LogP contribution in [0.2, 0.25) is 5.02 Å². The number of rotatable bonds is 4. The van der Waals surface area contributed by atoms with Crippen LogP contribution in [0.25, 0.3) is 22.4 Å². The Morgan fingerprint density at radius 3 is 2.50 bits per heavy atom. The van der Waals surface area contributed by atoms with Gasteiger partial charge in [-0.25, -0.2) is 13.6 Å². The number of nitrogens with one attached hydrogen (secondary N) is 1. The van der Waals surface area contributed by atoms with Gasteiger partial charge in [0.05, 0.1) is 7.11 Å². The predicted octanol–water partition coefficient (Wildman–Crippen LogP) is 2.89. The molecule has 0 fully saturated rings. The summed E-state index contributed by atoms with van der Waals surface area (Å²) in [6.45, 7) is 0. The molecule has 0 saturated carbocycles. The van der Waals surface area contributed by atoms with Gasteiger partial charge in [-0.05, 0) is 47.5 Å². The second-order valence-corrected chi connectivity index (χ2v) is 7.80. The second kappa shape index (κ2) is 7.48. The fraction of sp³-hybridized carbons (Fsp3) is 0.0526. The lowest BCUT2D eigenvalue weighted by atomic mass is 9.99. The lowest BCUT2D eigenvalue weighted by molar-refractivity contribution is 0.403. The minimum absolute atomic E-state index is 0.0776. The number of methoxy groups -OCH3 is 1. The minimum Gasteiger partial charge on any atom is -0.495 e. The minimum atomic E-state index is -4.05. The van der Waals surface area contributed by atoms with E-state index in [2.05, 4.69) is 4.98 Å². The quantitative estimate of drug-likeness (QED) is 0.677. The number of sulfonamides is 1. The van der Waals surface area contributed by atoms with Crippen molar-refractivity contribution in [2.75, 3.05) is 7.11 Å². The van der Waals surface area contributed by atoms with E-state index in [0.717, 1.165) is 0 Å². The molecule has 142 valence electrons. The van der Waals surface area contributed by atoms with Gasteiger partial charge in [-0.15, -0.1) is 0 Å². The molecule has 0 atom stereocenters. The number of aromatic amines is 1. The van der Waals surface area contributed by atoms with E-state index in [0.29, 0.717) is 27.4 Å². The van der Waals surface area contributed by atoms with Gasteiger partial charge in [0.15, 0.2) is 0 Å². The molecule has 3 N–H and O–H groups in total. The molecule has 3 aromatic rings. The molecule has 2 aromatic carbocycles. The van der Waals surface area contributed by atoms with Gasteiger partial charge in [0, 0.05) is 16.3 Å². The molecule has 1 aromatic heterocycles. The maximum Gasteiger partial charge on any atom is 0.266 e. The summed E-state index contributed by atoms with van der Waals surface area (Å²) in [5.74, 6) is 0.0808. The van der Waals surface area contributed by atoms with Crippen LogP contribution >= 0.6 is 11.6 Å². The Kier molecular flexibility index (Phi) is 5.25. The van der Waals surface area contributed by atoms with Crippen molar-refractivity contribution in [3.63, 3.8) is 0 Å². The van der Waals surface area contributed by atoms with E-state index in [4.69, 9.17) is 21.5 Å². The zero-order valence-electron chi connectivity index (χ0n) is 14.6. The lowest BCUT2D eigenvalue weighted by Gasteiger charge is -2.11. The Morgan fingerprint density at radius 2 is 1.89 bits per heavy atom. The third-order valence-corrected chi connectivity index (χ3v) is 5.23. The maximum absolute atomic E-state index is 12.4. The number of aromatic nitrogens is 1. The summed E-state index contributed by atoms with van der Waals surface area (Å²) in [6.07, 6.45) is 0. The normalized spacial score (nSPS) is 11.1. The monoisotopic (exact) mass is 415 g/mol. The van der Waals surface area contributed by atoms with Crippen molar-refractivity contribution in [3.05, 3.63) is 69.5 Å². The average molecular weight is 416 g/mol. The summed E-state index contributed by atoms with van der Waals surface area (Å²) in [5.41, 5.74) is 0.962. The highest BCUT2D eigenvalue weighted by molar-refractivity contribution is 7.89. The van der Waals surface area contributed by atoms with Crippen LogP contribution in [0.3, 0.4) is 0 Å². The number of hydrogen-bond acceptors (Lipinski definition) is 5. The van der Waals surface area contributed by atoms with Crippen molar-refractivity contribution in [3.8, 4) is 34.2 Å². The first-order valence-electron chi connectivity index (χ1n) is 7.89. The van der Waals surface area contributed by atoms with E-state index in [-0.39, 0.29) is 16.2 Å². The van der Waals surface area contributed by atoms with Gasteiger partial charge in [-0.2, -0.15) is 5.26 Å². The van der Waals surface area contributed by atoms with Gasteiger partial charge in [0.1, 0.15) is 22.3 Å². The highest BCUT2D eigenvalue weighted by atomic mass is 35.5. The van der Waals surface area contributed by atoms with E-state index in [1.54, 1.807) is 36.4 Å². The highest BCUT2D eigenvalue weighted by Crippen LogP contribution is 2.31. The molecule has 0 spiro atoms. The maximum atomic E-state index is 12.4. The third-order valence-electron chi connectivity index (χ3n) is 4.06. The van der Waals surface area contributed by atoms with Crippen LogP contribution in [0.4, 0.5) is 0 Å². The van der Waals surface area contributed by atoms with Gasteiger partial charge in [-0.3, -0.25) is 4.79 Å². The van der Waals surface area contributed by atoms with Crippen molar-refractivity contribution in [2.45, 2.75) is 4.90 Å². The van der Waals surface area contributed by atoms with Crippen molar-refractivity contribution in [1.29, 1.82) is 5.26 Å². The number of primary sulfonamides is 1. The number of halogens is 1. The summed E-state index contributed by atoms with van der Waals surface area (Å²) in [5, 5.41) is 15.1. The van der Waals surface area contributed by atoms with Crippen LogP contribution in [-0.2, 0) is 10.0 Å². The van der Waals surface area contributed by atoms with Crippen molar-refractivity contribution < 1.29 is 13.2 Å². The summed E-state index contributed by atoms with van der Waals surface area (Å²) in [4.78, 5) is 14.8. The first-order chi connectivity index (χ1) is 13.2. The molecule has 7 nitrogen and oxygen atoms in total. The number of H-pyrrole nitrogens is 1. The molecule has 0 bridgehead atoms. The molecule has 0 unspecified atom stereocenters. The highest BCUT2D eigenvalue weighted by Gasteiger charge is 2.18. The van der Waals surface area contributed by atoms with Gasteiger partial charge in [0.2, 0.25) is 10.0 Å². The Morgan fingerprint density at radius 1 is 1.14 bits per heavy atom. The standard InChI is InChI=1S/C19H14ClN3O4S/c1-27-17-6-5-12(8-18(17)28(22,25)26)16-9-14(15(10-21)19(24)23-16)11-3-2-4-13(20)7-11/h2-9H,1H3,(H,23,24)(H2,22,25,26). The number of nitriles is 1. The molecule has 0 radical (unpaired) electrons. The van der Waals surface area contributed by atoms with E-state index in [9.17, 15) is 18.5 Å². The molecular weight excluding hydrogens is 402 g/mol. The molecule has 28 heavy (non-hydrogen) atoms. The van der Waals surface area contributed by atoms with E-state index in [1.165, 1.54) is 19.2 Å². The zero-order chi connectivity index (χ0) is 20.5. The number of nitrogens with two attached hydrogens (primary N) is 1. The number of benzene rings is 2. The smallest absolute Gasteiger partial charge is 0.266 e. The van der Waals surface area contributed by atoms with Gasteiger partial charge in [0.25, 0.3) is 5.56 Å². The Labute approximate surface area is 166 Å². The van der Waals surface area contributed by atoms with Gasteiger partial charge >= 0.3 is 0 Å². The average Bonchev–Trinajstić information content (AvgIpc) is 2.66. The molecule has 0 aliphatic rings. The summed E-state index contributed by atoms with van der Waals surface area (Å²) < 4.78 is 28.8. The number of nitrogens with zero attached hydrogens (tertiary/aromatic N) is 1. The van der Waals surface area contributed by atoms with E-state index < -0.39 is 15.6 Å². The van der Waals surface area contributed by atoms with E-state index >= 15 is 0 Å². The first kappa shape index (κ1) is 19.6. The van der Waals surface area contributed by atoms with Crippen LogP contribution in [0.1, 0.15) is 5.56 Å². The van der Waals surface area contributed by atoms with Crippen molar-refractivity contribution in [2.24, 2.45) is 5.14 Å². The molecule has 3 rings (SSSR count). The second-order valence-electron chi connectivity index (χ2n) is 5.83. The Hall–Kier alpha value is -3.12. The summed E-state index contributed by atoms with van der Waals surface area (Å²) >= 11 is 6.03. The molecule has 0 aliphatic heterocycles. The SMILES string of the molecule is COc1ccc(-c2cc(-c3cccc(Cl)c3)c(C#N)c(=O)[nH]2)cc1S(N)(=O)=O. The molecule has 1 heterocycles. The van der Waals surface area contributed by atoms with Crippen LogP contribution < -0.4 is 15.4 Å². The van der Waals surface area contributed by atoms with E-state index in [1.807, 2.05) is 6.07 Å². The van der Waals surface area contributed by atoms with Crippen molar-refractivity contribution in [1.82, 2.24) is 4.98 Å². The van der Waals surface area contributed by atoms with Crippen LogP contribution in [0.5, 0.6) is 5.75 Å². The number of ether oxygens (including phenoxy) is 1. The van der Waals surface area contributed by atoms with Gasteiger partial charge < -0.3 is 9.72 Å². The van der Waals surface area contributed by atoms with Crippen LogP contribution in [0, 0.1) is 11.3 Å². The largest absolute Gasteiger partial charge is 0.495 e. The third kappa shape index (κ3) is 3.77. The molecule has 0 saturated heterocycles. The predicted molar refractivity (Wildman–Crippen MR) is 106 cm³/mol. The molecule has 0 amide bonds. The number of hydrogen-bond donors (Lipinski definition) is 2. The number of pyridine rings is 1.